The predicted molar refractivity (Wildman–Crippen MR) is 158 cm³/mol. The maximum atomic E-state index is 12.8. The number of hydrogen-bond donors (Lipinski definition) is 2. The van der Waals surface area contributed by atoms with Crippen molar-refractivity contribution < 1.29 is 27.7 Å². The van der Waals surface area contributed by atoms with Gasteiger partial charge in [-0.25, -0.2) is 8.42 Å². The van der Waals surface area contributed by atoms with Crippen molar-refractivity contribution in [1.29, 1.82) is 0 Å². The Labute approximate surface area is 240 Å². The Kier molecular flexibility index (Phi) is 8.77. The highest BCUT2D eigenvalue weighted by atomic mass is 32.2. The van der Waals surface area contributed by atoms with Gasteiger partial charge in [-0.1, -0.05) is 18.2 Å². The van der Waals surface area contributed by atoms with Crippen LogP contribution in [0, 0.1) is 0 Å². The maximum absolute atomic E-state index is 12.8. The van der Waals surface area contributed by atoms with Crippen LogP contribution in [-0.2, 0) is 10.0 Å². The number of aromatic hydroxyl groups is 1. The van der Waals surface area contributed by atoms with E-state index in [1.54, 1.807) is 55.8 Å². The monoisotopic (exact) mass is 578 g/mol. The SMILES string of the molecule is COc1cc2c(Oc3cccc(NS(=O)(=O)c4ccccc4O)c3)ccnc2cc1OCCCN1CCN(C)CC1. The van der Waals surface area contributed by atoms with Gasteiger partial charge < -0.3 is 29.1 Å². The number of rotatable bonds is 11. The molecule has 0 bridgehead atoms. The van der Waals surface area contributed by atoms with Crippen molar-refractivity contribution in [2.45, 2.75) is 11.3 Å². The van der Waals surface area contributed by atoms with Gasteiger partial charge in [0.15, 0.2) is 11.5 Å². The number of methoxy groups -OCH3 is 1. The van der Waals surface area contributed by atoms with E-state index in [1.807, 2.05) is 12.1 Å². The number of benzene rings is 3. The van der Waals surface area contributed by atoms with E-state index in [1.165, 1.54) is 12.1 Å². The summed E-state index contributed by atoms with van der Waals surface area (Å²) < 4.78 is 46.0. The third-order valence-electron chi connectivity index (χ3n) is 6.93. The van der Waals surface area contributed by atoms with Crippen molar-refractivity contribution in [3.8, 4) is 28.7 Å². The summed E-state index contributed by atoms with van der Waals surface area (Å²) in [4.78, 5) is 9.08. The number of aromatic nitrogens is 1. The van der Waals surface area contributed by atoms with Crippen LogP contribution in [0.1, 0.15) is 6.42 Å². The Morgan fingerprint density at radius 1 is 0.951 bits per heavy atom. The fourth-order valence-corrected chi connectivity index (χ4v) is 5.82. The summed E-state index contributed by atoms with van der Waals surface area (Å²) in [5.74, 6) is 1.79. The van der Waals surface area contributed by atoms with Gasteiger partial charge in [0.05, 0.1) is 24.9 Å². The summed E-state index contributed by atoms with van der Waals surface area (Å²) in [6, 6.07) is 17.7. The first-order valence-electron chi connectivity index (χ1n) is 13.4. The van der Waals surface area contributed by atoms with Crippen LogP contribution in [0.4, 0.5) is 5.69 Å². The summed E-state index contributed by atoms with van der Waals surface area (Å²) in [5, 5.41) is 10.7. The molecule has 41 heavy (non-hydrogen) atoms. The number of anilines is 1. The van der Waals surface area contributed by atoms with Crippen molar-refractivity contribution in [2.24, 2.45) is 0 Å². The zero-order valence-corrected chi connectivity index (χ0v) is 23.9. The quantitative estimate of drug-likeness (QED) is 0.247. The molecule has 0 spiro atoms. The first-order chi connectivity index (χ1) is 19.8. The van der Waals surface area contributed by atoms with Crippen molar-refractivity contribution in [3.63, 3.8) is 0 Å². The molecule has 2 N–H and O–H groups in total. The molecule has 10 nitrogen and oxygen atoms in total. The average Bonchev–Trinajstić information content (AvgIpc) is 2.96. The number of nitrogens with one attached hydrogen (secondary N) is 1. The van der Waals surface area contributed by atoms with Gasteiger partial charge in [-0.2, -0.15) is 0 Å². The number of piperazine rings is 1. The zero-order valence-electron chi connectivity index (χ0n) is 23.1. The van der Waals surface area contributed by atoms with Crippen molar-refractivity contribution >= 4 is 26.6 Å². The van der Waals surface area contributed by atoms with E-state index in [0.717, 1.165) is 39.1 Å². The minimum Gasteiger partial charge on any atom is -0.507 e. The largest absolute Gasteiger partial charge is 0.507 e. The number of nitrogens with zero attached hydrogens (tertiary/aromatic N) is 3. The molecule has 0 atom stereocenters. The summed E-state index contributed by atoms with van der Waals surface area (Å²) >= 11 is 0. The highest BCUT2D eigenvalue weighted by molar-refractivity contribution is 7.92. The first-order valence-corrected chi connectivity index (χ1v) is 14.9. The molecule has 1 fully saturated rings. The van der Waals surface area contributed by atoms with E-state index in [4.69, 9.17) is 14.2 Å². The van der Waals surface area contributed by atoms with Gasteiger partial charge in [0.2, 0.25) is 0 Å². The van der Waals surface area contributed by atoms with Crippen LogP contribution >= 0.6 is 0 Å². The molecule has 0 unspecified atom stereocenters. The summed E-state index contributed by atoms with van der Waals surface area (Å²) in [5.41, 5.74) is 0.961. The number of ether oxygens (including phenoxy) is 3. The van der Waals surface area contributed by atoms with Gasteiger partial charge in [0.1, 0.15) is 22.1 Å². The van der Waals surface area contributed by atoms with Gasteiger partial charge in [-0.3, -0.25) is 9.71 Å². The Balaban J connectivity index is 1.29. The molecular weight excluding hydrogens is 544 g/mol. The molecule has 0 amide bonds. The second-order valence-electron chi connectivity index (χ2n) is 9.88. The van der Waals surface area contributed by atoms with Crippen LogP contribution in [0.2, 0.25) is 0 Å². The van der Waals surface area contributed by atoms with E-state index in [9.17, 15) is 13.5 Å². The molecule has 4 aromatic rings. The zero-order chi connectivity index (χ0) is 28.8. The summed E-state index contributed by atoms with van der Waals surface area (Å²) in [6.07, 6.45) is 2.55. The van der Waals surface area contributed by atoms with Gasteiger partial charge in [0, 0.05) is 56.4 Å². The number of sulfonamides is 1. The van der Waals surface area contributed by atoms with Crippen molar-refractivity contribution in [3.05, 3.63) is 72.9 Å². The topological polar surface area (TPSA) is 113 Å². The van der Waals surface area contributed by atoms with E-state index in [2.05, 4.69) is 26.6 Å². The third-order valence-corrected chi connectivity index (χ3v) is 8.36. The van der Waals surface area contributed by atoms with Crippen LogP contribution in [0.15, 0.2) is 77.8 Å². The fourth-order valence-electron chi connectivity index (χ4n) is 4.68. The van der Waals surface area contributed by atoms with Gasteiger partial charge in [0.25, 0.3) is 10.0 Å². The molecule has 216 valence electrons. The second-order valence-corrected chi connectivity index (χ2v) is 11.5. The van der Waals surface area contributed by atoms with Crippen LogP contribution in [0.3, 0.4) is 0 Å². The van der Waals surface area contributed by atoms with Crippen molar-refractivity contribution in [1.82, 2.24) is 14.8 Å². The number of para-hydroxylation sites is 1. The highest BCUT2D eigenvalue weighted by Crippen LogP contribution is 2.37. The standard InChI is InChI=1S/C30H34N4O6S/c1-33-14-16-34(17-15-33)13-6-18-39-29-21-25-24(20-28(29)38-2)27(11-12-31-25)40-23-8-5-7-22(19-23)32-41(36,37)30-10-4-3-9-26(30)35/h3-5,7-12,19-21,32,35H,6,13-18H2,1-2H3. The summed E-state index contributed by atoms with van der Waals surface area (Å²) in [7, 11) is -0.258. The lowest BCUT2D eigenvalue weighted by molar-refractivity contribution is 0.145. The maximum Gasteiger partial charge on any atom is 0.265 e. The number of pyridine rings is 1. The number of hydrogen-bond acceptors (Lipinski definition) is 9. The molecule has 2 heterocycles. The van der Waals surface area contributed by atoms with E-state index in [-0.39, 0.29) is 16.3 Å². The van der Waals surface area contributed by atoms with Crippen LogP contribution in [-0.4, -0.2) is 81.8 Å². The van der Waals surface area contributed by atoms with Gasteiger partial charge >= 0.3 is 0 Å². The minimum atomic E-state index is -4.00. The molecule has 1 aliphatic heterocycles. The smallest absolute Gasteiger partial charge is 0.265 e. The van der Waals surface area contributed by atoms with Crippen molar-refractivity contribution in [2.75, 3.05) is 58.2 Å². The highest BCUT2D eigenvalue weighted by Gasteiger charge is 2.19. The van der Waals surface area contributed by atoms with E-state index in [0.29, 0.717) is 40.5 Å². The van der Waals surface area contributed by atoms with E-state index >= 15 is 0 Å². The normalized spacial score (nSPS) is 14.6. The lowest BCUT2D eigenvalue weighted by atomic mass is 10.1. The molecule has 1 saturated heterocycles. The Morgan fingerprint density at radius 3 is 2.54 bits per heavy atom. The number of phenols is 1. The lowest BCUT2D eigenvalue weighted by Crippen LogP contribution is -2.44. The average molecular weight is 579 g/mol. The molecule has 0 radical (unpaired) electrons. The molecule has 11 heteroatoms. The van der Waals surface area contributed by atoms with Crippen LogP contribution in [0.25, 0.3) is 10.9 Å². The molecule has 1 aliphatic rings. The predicted octanol–water partition coefficient (Wildman–Crippen LogP) is 4.56. The molecule has 1 aromatic heterocycles. The number of fused-ring (bicyclic) bond motifs is 1. The third kappa shape index (κ3) is 6.99. The molecule has 0 aliphatic carbocycles. The fraction of sp³-hybridized carbons (Fsp3) is 0.300. The minimum absolute atomic E-state index is 0.212. The second kappa shape index (κ2) is 12.6. The number of phenolic OH excluding ortho intramolecular Hbond substituents is 1. The van der Waals surface area contributed by atoms with Gasteiger partial charge in [-0.15, -0.1) is 0 Å². The molecular formula is C30H34N4O6S. The number of likely N-dealkylation sites (N-methyl/N-ethyl adjacent to an activating group) is 1. The Morgan fingerprint density at radius 2 is 1.76 bits per heavy atom. The van der Waals surface area contributed by atoms with Crippen LogP contribution < -0.4 is 18.9 Å². The first kappa shape index (κ1) is 28.5. The lowest BCUT2D eigenvalue weighted by Gasteiger charge is -2.32. The van der Waals surface area contributed by atoms with Gasteiger partial charge in [-0.05, 0) is 49.9 Å². The Bertz CT molecular complexity index is 1610. The van der Waals surface area contributed by atoms with Crippen LogP contribution in [0.5, 0.6) is 28.7 Å². The molecule has 5 rings (SSSR count). The summed E-state index contributed by atoms with van der Waals surface area (Å²) in [6.45, 7) is 5.89. The Hall–Kier alpha value is -4.06. The van der Waals surface area contributed by atoms with E-state index < -0.39 is 10.0 Å². The molecule has 0 saturated carbocycles. The molecule has 3 aromatic carbocycles.